The Morgan fingerprint density at radius 2 is 2.19 bits per heavy atom. The quantitative estimate of drug-likeness (QED) is 0.598. The summed E-state index contributed by atoms with van der Waals surface area (Å²) in [7, 11) is 0. The van der Waals surface area contributed by atoms with Gasteiger partial charge in [-0.05, 0) is 0 Å². The topological polar surface area (TPSA) is 101 Å². The van der Waals surface area contributed by atoms with E-state index in [0.29, 0.717) is 0 Å². The van der Waals surface area contributed by atoms with Gasteiger partial charge < -0.3 is 10.2 Å². The predicted octanol–water partition coefficient (Wildman–Crippen LogP) is 1.79. The average Bonchev–Trinajstić information content (AvgIpc) is 2.19. The number of aromatic hydroxyl groups is 1. The van der Waals surface area contributed by atoms with Crippen molar-refractivity contribution < 1.29 is 19.9 Å². The fourth-order valence-corrected chi connectivity index (χ4v) is 1.12. The van der Waals surface area contributed by atoms with Gasteiger partial charge in [-0.1, -0.05) is 24.3 Å². The maximum Gasteiger partial charge on any atom is 0.311 e. The van der Waals surface area contributed by atoms with Gasteiger partial charge in [-0.2, -0.15) is 0 Å². The van der Waals surface area contributed by atoms with Gasteiger partial charge in [0, 0.05) is 11.6 Å². The summed E-state index contributed by atoms with van der Waals surface area (Å²) in [6.45, 7) is 0. The van der Waals surface area contributed by atoms with Crippen LogP contribution in [0.2, 0.25) is 0 Å². The van der Waals surface area contributed by atoms with Crippen molar-refractivity contribution in [3.8, 4) is 5.75 Å². The number of benzene rings is 1. The van der Waals surface area contributed by atoms with Gasteiger partial charge in [-0.25, -0.2) is 0 Å². The molecule has 6 nitrogen and oxygen atoms in total. The molecule has 0 atom stereocenters. The lowest BCUT2D eigenvalue weighted by molar-refractivity contribution is -0.385. The second-order valence-corrected chi connectivity index (χ2v) is 2.97. The Kier molecular flexibility index (Phi) is 3.60. The van der Waals surface area contributed by atoms with Gasteiger partial charge in [-0.3, -0.25) is 14.9 Å². The largest absolute Gasteiger partial charge is 0.502 e. The molecule has 0 aliphatic rings. The Balaban J connectivity index is 2.97. The number of carboxylic acid groups (broad SMARTS) is 1. The van der Waals surface area contributed by atoms with Crippen LogP contribution >= 0.6 is 0 Å². The number of nitrogens with zero attached hydrogens (tertiary/aromatic N) is 1. The summed E-state index contributed by atoms with van der Waals surface area (Å²) in [6.07, 6.45) is 2.43. The smallest absolute Gasteiger partial charge is 0.311 e. The Bertz CT molecular complexity index is 453. The van der Waals surface area contributed by atoms with Crippen LogP contribution in [0.4, 0.5) is 5.69 Å². The molecule has 6 heteroatoms. The number of phenolic OH excluding ortho intramolecular Hbond substituents is 1. The van der Waals surface area contributed by atoms with E-state index >= 15 is 0 Å². The minimum Gasteiger partial charge on any atom is -0.502 e. The van der Waals surface area contributed by atoms with Crippen LogP contribution in [0.3, 0.4) is 0 Å². The van der Waals surface area contributed by atoms with E-state index in [0.717, 1.165) is 0 Å². The number of hydrogen-bond acceptors (Lipinski definition) is 4. The number of rotatable bonds is 4. The molecule has 84 valence electrons. The molecular formula is C10H9NO5. The van der Waals surface area contributed by atoms with Gasteiger partial charge in [0.25, 0.3) is 0 Å². The van der Waals surface area contributed by atoms with Crippen molar-refractivity contribution in [2.24, 2.45) is 0 Å². The SMILES string of the molecule is O=C(O)CC=Cc1cccc([N+](=O)[O-])c1O. The number of phenols is 1. The van der Waals surface area contributed by atoms with Gasteiger partial charge in [0.1, 0.15) is 0 Å². The lowest BCUT2D eigenvalue weighted by atomic mass is 10.1. The number of hydrogen-bond donors (Lipinski definition) is 2. The monoisotopic (exact) mass is 223 g/mol. The molecule has 1 aromatic rings. The van der Waals surface area contributed by atoms with Crippen LogP contribution in [-0.4, -0.2) is 21.1 Å². The second-order valence-electron chi connectivity index (χ2n) is 2.97. The summed E-state index contributed by atoms with van der Waals surface area (Å²) in [5.41, 5.74) is -0.187. The first-order chi connectivity index (χ1) is 7.52. The summed E-state index contributed by atoms with van der Waals surface area (Å²) in [6, 6.07) is 4.04. The molecule has 0 radical (unpaired) electrons. The molecule has 0 aromatic heterocycles. The highest BCUT2D eigenvalue weighted by atomic mass is 16.6. The molecule has 0 amide bonds. The summed E-state index contributed by atoms with van der Waals surface area (Å²) in [4.78, 5) is 20.0. The third kappa shape index (κ3) is 2.81. The molecule has 0 unspecified atom stereocenters. The zero-order chi connectivity index (χ0) is 12.1. The summed E-state index contributed by atoms with van der Waals surface area (Å²) in [5, 5.41) is 28.3. The fraction of sp³-hybridized carbons (Fsp3) is 0.100. The first kappa shape index (κ1) is 11.7. The molecule has 0 bridgehead atoms. The maximum atomic E-state index is 10.5. The summed E-state index contributed by atoms with van der Waals surface area (Å²) >= 11 is 0. The van der Waals surface area contributed by atoms with E-state index in [2.05, 4.69) is 0 Å². The van der Waals surface area contributed by atoms with Gasteiger partial charge in [0.05, 0.1) is 11.3 Å². The van der Waals surface area contributed by atoms with Crippen molar-refractivity contribution >= 4 is 17.7 Å². The number of carboxylic acids is 1. The molecule has 0 spiro atoms. The lowest BCUT2D eigenvalue weighted by Gasteiger charge is -1.99. The van der Waals surface area contributed by atoms with Gasteiger partial charge in [0.15, 0.2) is 0 Å². The third-order valence-corrected chi connectivity index (χ3v) is 1.83. The molecule has 1 aromatic carbocycles. The second kappa shape index (κ2) is 4.92. The Morgan fingerprint density at radius 3 is 2.75 bits per heavy atom. The van der Waals surface area contributed by atoms with Crippen molar-refractivity contribution in [1.82, 2.24) is 0 Å². The van der Waals surface area contributed by atoms with Crippen molar-refractivity contribution in [3.63, 3.8) is 0 Å². The van der Waals surface area contributed by atoms with Crippen molar-refractivity contribution in [1.29, 1.82) is 0 Å². The molecule has 2 N–H and O–H groups in total. The highest BCUT2D eigenvalue weighted by Gasteiger charge is 2.14. The Hall–Kier alpha value is -2.37. The minimum atomic E-state index is -1.01. The highest BCUT2D eigenvalue weighted by Crippen LogP contribution is 2.29. The first-order valence-corrected chi connectivity index (χ1v) is 4.37. The Morgan fingerprint density at radius 1 is 1.50 bits per heavy atom. The van der Waals surface area contributed by atoms with Crippen molar-refractivity contribution in [3.05, 3.63) is 40.0 Å². The van der Waals surface area contributed by atoms with Gasteiger partial charge in [-0.15, -0.1) is 0 Å². The summed E-state index contributed by atoms with van der Waals surface area (Å²) in [5.74, 6) is -1.48. The maximum absolute atomic E-state index is 10.5. The molecule has 0 fully saturated rings. The molecule has 0 saturated carbocycles. The van der Waals surface area contributed by atoms with E-state index in [-0.39, 0.29) is 12.0 Å². The van der Waals surface area contributed by atoms with Crippen LogP contribution in [0.5, 0.6) is 5.75 Å². The molecule has 0 heterocycles. The summed E-state index contributed by atoms with van der Waals surface area (Å²) < 4.78 is 0. The standard InChI is InChI=1S/C10H9NO5/c12-9(13)6-2-4-7-3-1-5-8(10(7)14)11(15)16/h1-5,14H,6H2,(H,12,13). The number of carbonyl (C=O) groups is 1. The highest BCUT2D eigenvalue weighted by molar-refractivity contribution is 5.71. The number of aliphatic carboxylic acids is 1. The normalized spacial score (nSPS) is 10.5. The van der Waals surface area contributed by atoms with Crippen LogP contribution in [0.15, 0.2) is 24.3 Å². The van der Waals surface area contributed by atoms with E-state index < -0.39 is 22.3 Å². The first-order valence-electron chi connectivity index (χ1n) is 4.37. The molecule has 0 aliphatic carbocycles. The zero-order valence-electron chi connectivity index (χ0n) is 8.16. The van der Waals surface area contributed by atoms with E-state index in [1.165, 1.54) is 30.4 Å². The molecule has 16 heavy (non-hydrogen) atoms. The average molecular weight is 223 g/mol. The van der Waals surface area contributed by atoms with Crippen molar-refractivity contribution in [2.45, 2.75) is 6.42 Å². The lowest BCUT2D eigenvalue weighted by Crippen LogP contribution is -1.91. The van der Waals surface area contributed by atoms with Crippen LogP contribution < -0.4 is 0 Å². The molecular weight excluding hydrogens is 214 g/mol. The van der Waals surface area contributed by atoms with E-state index in [1.807, 2.05) is 0 Å². The van der Waals surface area contributed by atoms with E-state index in [1.54, 1.807) is 0 Å². The number of para-hydroxylation sites is 1. The van der Waals surface area contributed by atoms with Crippen LogP contribution in [0, 0.1) is 10.1 Å². The van der Waals surface area contributed by atoms with Crippen molar-refractivity contribution in [2.75, 3.05) is 0 Å². The van der Waals surface area contributed by atoms with Crippen LogP contribution in [-0.2, 0) is 4.79 Å². The molecule has 0 saturated heterocycles. The third-order valence-electron chi connectivity index (χ3n) is 1.83. The molecule has 1 rings (SSSR count). The molecule has 0 aliphatic heterocycles. The van der Waals surface area contributed by atoms with Gasteiger partial charge in [0.2, 0.25) is 5.75 Å². The predicted molar refractivity (Wildman–Crippen MR) is 56.0 cm³/mol. The van der Waals surface area contributed by atoms with Crippen LogP contribution in [0.25, 0.3) is 6.08 Å². The van der Waals surface area contributed by atoms with Gasteiger partial charge >= 0.3 is 11.7 Å². The van der Waals surface area contributed by atoms with E-state index in [4.69, 9.17) is 5.11 Å². The van der Waals surface area contributed by atoms with E-state index in [9.17, 15) is 20.0 Å². The number of nitro groups is 1. The zero-order valence-corrected chi connectivity index (χ0v) is 8.16. The Labute approximate surface area is 90.6 Å². The fourth-order valence-electron chi connectivity index (χ4n) is 1.12. The minimum absolute atomic E-state index is 0.206. The number of nitro benzene ring substituents is 1. The van der Waals surface area contributed by atoms with Crippen LogP contribution in [0.1, 0.15) is 12.0 Å².